The van der Waals surface area contributed by atoms with E-state index in [-0.39, 0.29) is 18.3 Å². The first-order valence-corrected chi connectivity index (χ1v) is 11.9. The molecule has 0 saturated heterocycles. The predicted octanol–water partition coefficient (Wildman–Crippen LogP) is 2.12. The summed E-state index contributed by atoms with van der Waals surface area (Å²) in [7, 11) is 3.42. The number of nitrogens with zero attached hydrogens (tertiary/aromatic N) is 3. The number of benzene rings is 2. The van der Waals surface area contributed by atoms with Crippen molar-refractivity contribution in [2.75, 3.05) is 13.2 Å². The molecule has 37 heavy (non-hydrogen) atoms. The quantitative estimate of drug-likeness (QED) is 0.284. The van der Waals surface area contributed by atoms with E-state index in [2.05, 4.69) is 10.3 Å². The molecular weight excluding hydrogens is 474 g/mol. The second kappa shape index (κ2) is 11.3. The monoisotopic (exact) mass is 505 g/mol. The van der Waals surface area contributed by atoms with Crippen molar-refractivity contribution < 1.29 is 19.4 Å². The van der Waals surface area contributed by atoms with Crippen LogP contribution in [0.4, 0.5) is 0 Å². The molecular formula is C27H31N5O5. The molecule has 2 aromatic heterocycles. The fraction of sp³-hybridized carbons (Fsp3) is 0.296. The van der Waals surface area contributed by atoms with Gasteiger partial charge < -0.3 is 25.6 Å². The lowest BCUT2D eigenvalue weighted by molar-refractivity contribution is 0.1000. The summed E-state index contributed by atoms with van der Waals surface area (Å²) in [5.41, 5.74) is 8.00. The van der Waals surface area contributed by atoms with E-state index in [9.17, 15) is 14.7 Å². The molecule has 0 aliphatic heterocycles. The van der Waals surface area contributed by atoms with Gasteiger partial charge in [0.25, 0.3) is 0 Å². The molecule has 10 heteroatoms. The van der Waals surface area contributed by atoms with Crippen LogP contribution in [0.15, 0.2) is 65.6 Å². The maximum Gasteiger partial charge on any atom is 0.328 e. The molecule has 2 aromatic carbocycles. The molecule has 10 nitrogen and oxygen atoms in total. The molecule has 194 valence electrons. The van der Waals surface area contributed by atoms with Gasteiger partial charge in [-0.05, 0) is 49.2 Å². The van der Waals surface area contributed by atoms with Crippen molar-refractivity contribution in [1.82, 2.24) is 19.4 Å². The van der Waals surface area contributed by atoms with E-state index in [0.717, 1.165) is 17.5 Å². The van der Waals surface area contributed by atoms with Crippen molar-refractivity contribution in [1.29, 1.82) is 0 Å². The van der Waals surface area contributed by atoms with Crippen LogP contribution in [0.25, 0.3) is 11.0 Å². The Morgan fingerprint density at radius 1 is 1.11 bits per heavy atom. The van der Waals surface area contributed by atoms with Crippen LogP contribution in [0.2, 0.25) is 0 Å². The summed E-state index contributed by atoms with van der Waals surface area (Å²) in [5.74, 6) is 1.02. The van der Waals surface area contributed by atoms with E-state index in [4.69, 9.17) is 15.2 Å². The molecule has 0 aliphatic rings. The van der Waals surface area contributed by atoms with Gasteiger partial charge in [0, 0.05) is 38.9 Å². The number of aromatic nitrogens is 3. The summed E-state index contributed by atoms with van der Waals surface area (Å²) >= 11 is 0. The Hall–Kier alpha value is -4.15. The van der Waals surface area contributed by atoms with Crippen molar-refractivity contribution in [3.8, 4) is 17.4 Å². The van der Waals surface area contributed by atoms with Gasteiger partial charge in [0.05, 0.1) is 11.1 Å². The Morgan fingerprint density at radius 3 is 2.54 bits per heavy atom. The largest absolute Gasteiger partial charge is 0.489 e. The highest BCUT2D eigenvalue weighted by Gasteiger charge is 2.14. The summed E-state index contributed by atoms with van der Waals surface area (Å²) in [5, 5.41) is 13.8. The van der Waals surface area contributed by atoms with Gasteiger partial charge in [-0.1, -0.05) is 18.2 Å². The number of aliphatic hydroxyl groups is 1. The van der Waals surface area contributed by atoms with Crippen LogP contribution in [-0.2, 0) is 20.5 Å². The number of amides is 1. The smallest absolute Gasteiger partial charge is 0.328 e. The Balaban J connectivity index is 1.24. The third-order valence-electron chi connectivity index (χ3n) is 6.09. The number of primary amides is 1. The number of nitrogens with one attached hydrogen (secondary N) is 1. The van der Waals surface area contributed by atoms with Gasteiger partial charge in [0.1, 0.15) is 29.7 Å². The Bertz CT molecular complexity index is 1430. The lowest BCUT2D eigenvalue weighted by atomic mass is 10.1. The lowest BCUT2D eigenvalue weighted by Crippen LogP contribution is -2.37. The van der Waals surface area contributed by atoms with Gasteiger partial charge in [-0.15, -0.1) is 0 Å². The van der Waals surface area contributed by atoms with Crippen LogP contribution in [-0.4, -0.2) is 50.4 Å². The van der Waals surface area contributed by atoms with Crippen molar-refractivity contribution in [2.45, 2.75) is 25.5 Å². The van der Waals surface area contributed by atoms with E-state index >= 15 is 0 Å². The number of hydrogen-bond donors (Lipinski definition) is 3. The third-order valence-corrected chi connectivity index (χ3v) is 6.09. The van der Waals surface area contributed by atoms with Gasteiger partial charge in [-0.2, -0.15) is 0 Å². The van der Waals surface area contributed by atoms with Crippen molar-refractivity contribution in [3.63, 3.8) is 0 Å². The minimum Gasteiger partial charge on any atom is -0.489 e. The topological polar surface area (TPSA) is 134 Å². The van der Waals surface area contributed by atoms with Crippen molar-refractivity contribution >= 4 is 16.9 Å². The minimum absolute atomic E-state index is 0.0996. The molecule has 0 bridgehead atoms. The first kappa shape index (κ1) is 25.9. The van der Waals surface area contributed by atoms with Crippen LogP contribution >= 0.6 is 0 Å². The number of fused-ring (bicyclic) bond motifs is 1. The first-order chi connectivity index (χ1) is 17.7. The number of ether oxygens (including phenoxy) is 2. The molecule has 1 amide bonds. The zero-order chi connectivity index (χ0) is 26.5. The number of para-hydroxylation sites is 1. The van der Waals surface area contributed by atoms with E-state index in [1.165, 1.54) is 6.20 Å². The van der Waals surface area contributed by atoms with Crippen molar-refractivity contribution in [3.05, 3.63) is 82.4 Å². The normalized spacial score (nSPS) is 12.9. The van der Waals surface area contributed by atoms with E-state index in [1.54, 1.807) is 41.4 Å². The van der Waals surface area contributed by atoms with E-state index in [1.807, 2.05) is 43.3 Å². The fourth-order valence-electron chi connectivity index (χ4n) is 4.07. The number of nitrogens with two attached hydrogens (primary N) is 1. The number of aliphatic hydroxyl groups excluding tert-OH is 1. The summed E-state index contributed by atoms with van der Waals surface area (Å²) < 4.78 is 14.7. The molecule has 1 unspecified atom stereocenters. The second-order valence-corrected chi connectivity index (χ2v) is 9.00. The average molecular weight is 506 g/mol. The molecule has 0 aliphatic carbocycles. The SMILES string of the molecule is CC(Cc1ccc(Oc2ccc(C(N)=O)cn2)cc1)NC[C@H](O)COc1cccc2c1n(C)c(=O)n2C. The number of rotatable bonds is 11. The molecule has 4 N–H and O–H groups in total. The number of aryl methyl sites for hydroxylation is 2. The summed E-state index contributed by atoms with van der Waals surface area (Å²) in [6.45, 7) is 2.50. The van der Waals surface area contributed by atoms with Crippen LogP contribution in [0.5, 0.6) is 17.4 Å². The number of imidazole rings is 1. The molecule has 0 saturated carbocycles. The highest BCUT2D eigenvalue weighted by molar-refractivity contribution is 5.92. The Kier molecular flexibility index (Phi) is 7.90. The number of carbonyl (C=O) groups excluding carboxylic acids is 1. The fourth-order valence-corrected chi connectivity index (χ4v) is 4.07. The zero-order valence-corrected chi connectivity index (χ0v) is 21.0. The summed E-state index contributed by atoms with van der Waals surface area (Å²) in [4.78, 5) is 27.4. The molecule has 2 atom stereocenters. The maximum atomic E-state index is 12.2. The van der Waals surface area contributed by atoms with Gasteiger partial charge in [0.2, 0.25) is 11.8 Å². The maximum absolute atomic E-state index is 12.2. The summed E-state index contributed by atoms with van der Waals surface area (Å²) in [6.07, 6.45) is 1.41. The van der Waals surface area contributed by atoms with E-state index in [0.29, 0.717) is 35.0 Å². The minimum atomic E-state index is -0.720. The Labute approximate surface area is 214 Å². The molecule has 0 fully saturated rings. The number of hydrogen-bond acceptors (Lipinski definition) is 7. The number of carbonyl (C=O) groups is 1. The Morgan fingerprint density at radius 2 is 1.86 bits per heavy atom. The van der Waals surface area contributed by atoms with Crippen molar-refractivity contribution in [2.24, 2.45) is 19.8 Å². The van der Waals surface area contributed by atoms with Gasteiger partial charge in [-0.3, -0.25) is 13.9 Å². The third kappa shape index (κ3) is 6.16. The lowest BCUT2D eigenvalue weighted by Gasteiger charge is -2.18. The first-order valence-electron chi connectivity index (χ1n) is 11.9. The summed E-state index contributed by atoms with van der Waals surface area (Å²) in [6, 6.07) is 16.4. The van der Waals surface area contributed by atoms with Crippen LogP contribution in [0, 0.1) is 0 Å². The molecule has 2 heterocycles. The van der Waals surface area contributed by atoms with Crippen LogP contribution in [0.3, 0.4) is 0 Å². The highest BCUT2D eigenvalue weighted by Crippen LogP contribution is 2.24. The van der Waals surface area contributed by atoms with Crippen LogP contribution in [0.1, 0.15) is 22.8 Å². The molecule has 0 spiro atoms. The standard InChI is InChI=1S/C27H31N5O5/c1-17(13-18-7-10-21(11-8-18)37-24-12-9-19(14-30-24)26(28)34)29-15-20(33)16-36-23-6-4-5-22-25(23)32(3)27(35)31(22)2/h4-12,14,17,20,29,33H,13,15-16H2,1-3H3,(H2,28,34)/t17?,20-/m0/s1. The molecule has 0 radical (unpaired) electrons. The second-order valence-electron chi connectivity index (χ2n) is 9.00. The van der Waals surface area contributed by atoms with Crippen LogP contribution < -0.4 is 26.2 Å². The van der Waals surface area contributed by atoms with Gasteiger partial charge in [-0.25, -0.2) is 9.78 Å². The molecule has 4 aromatic rings. The highest BCUT2D eigenvalue weighted by atomic mass is 16.5. The van der Waals surface area contributed by atoms with Gasteiger partial charge >= 0.3 is 5.69 Å². The predicted molar refractivity (Wildman–Crippen MR) is 140 cm³/mol. The molecule has 4 rings (SSSR count). The number of pyridine rings is 1. The zero-order valence-electron chi connectivity index (χ0n) is 21.0. The van der Waals surface area contributed by atoms with Gasteiger partial charge in [0.15, 0.2) is 0 Å². The average Bonchev–Trinajstić information content (AvgIpc) is 3.12. The van der Waals surface area contributed by atoms with E-state index < -0.39 is 12.0 Å².